The third kappa shape index (κ3) is 5.30. The van der Waals surface area contributed by atoms with Gasteiger partial charge in [0.2, 0.25) is 5.91 Å². The van der Waals surface area contributed by atoms with Gasteiger partial charge < -0.3 is 15.5 Å². The van der Waals surface area contributed by atoms with Crippen molar-refractivity contribution in [3.63, 3.8) is 0 Å². The van der Waals surface area contributed by atoms with Gasteiger partial charge in [0.05, 0.1) is 6.04 Å². The van der Waals surface area contributed by atoms with Crippen LogP contribution in [0.1, 0.15) is 19.4 Å². The van der Waals surface area contributed by atoms with E-state index < -0.39 is 0 Å². The Morgan fingerprint density at radius 1 is 1.11 bits per heavy atom. The van der Waals surface area contributed by atoms with Crippen LogP contribution in [0.4, 0.5) is 15.8 Å². The molecule has 1 aliphatic heterocycles. The van der Waals surface area contributed by atoms with Crippen LogP contribution in [0.3, 0.4) is 0 Å². The zero-order valence-corrected chi connectivity index (χ0v) is 16.6. The lowest BCUT2D eigenvalue weighted by Crippen LogP contribution is -2.52. The summed E-state index contributed by atoms with van der Waals surface area (Å²) in [6.07, 6.45) is 0. The van der Waals surface area contributed by atoms with E-state index in [9.17, 15) is 9.18 Å². The fraction of sp³-hybridized carbons (Fsp3) is 0.409. The van der Waals surface area contributed by atoms with Crippen molar-refractivity contribution >= 4 is 17.3 Å². The topological polar surface area (TPSA) is 47.6 Å². The molecule has 0 spiro atoms. The maximum Gasteiger partial charge on any atom is 0.241 e. The van der Waals surface area contributed by atoms with Crippen molar-refractivity contribution in [3.05, 3.63) is 59.9 Å². The first kappa shape index (κ1) is 20.3. The van der Waals surface area contributed by atoms with Gasteiger partial charge in [0.25, 0.3) is 0 Å². The summed E-state index contributed by atoms with van der Waals surface area (Å²) >= 11 is 0. The first-order valence-electron chi connectivity index (χ1n) is 9.92. The largest absolute Gasteiger partial charge is 0.369 e. The van der Waals surface area contributed by atoms with Gasteiger partial charge in [0, 0.05) is 44.1 Å². The number of carbonyl (C=O) groups is 1. The molecule has 1 saturated heterocycles. The van der Waals surface area contributed by atoms with Crippen molar-refractivity contribution in [1.82, 2.24) is 10.2 Å². The summed E-state index contributed by atoms with van der Waals surface area (Å²) in [6, 6.07) is 14.3. The van der Waals surface area contributed by atoms with E-state index in [1.807, 2.05) is 37.3 Å². The summed E-state index contributed by atoms with van der Waals surface area (Å²) in [5, 5.41) is 6.34. The molecule has 2 aromatic carbocycles. The molecule has 1 fully saturated rings. The number of hydrogen-bond donors (Lipinski definition) is 2. The summed E-state index contributed by atoms with van der Waals surface area (Å²) in [4.78, 5) is 17.1. The zero-order chi connectivity index (χ0) is 19.9. The number of amides is 1. The highest BCUT2D eigenvalue weighted by Gasteiger charge is 2.25. The van der Waals surface area contributed by atoms with Crippen molar-refractivity contribution in [3.8, 4) is 0 Å². The van der Waals surface area contributed by atoms with E-state index in [-0.39, 0.29) is 17.8 Å². The van der Waals surface area contributed by atoms with Gasteiger partial charge in [-0.3, -0.25) is 9.69 Å². The first-order chi connectivity index (χ1) is 13.6. The Kier molecular flexibility index (Phi) is 7.01. The summed E-state index contributed by atoms with van der Waals surface area (Å²) in [6.45, 7) is 8.97. The minimum atomic E-state index is -0.220. The van der Waals surface area contributed by atoms with Crippen LogP contribution in [-0.4, -0.2) is 49.6 Å². The molecule has 150 valence electrons. The maximum atomic E-state index is 13.1. The summed E-state index contributed by atoms with van der Waals surface area (Å²) < 4.78 is 13.1. The average molecular weight is 384 g/mol. The molecule has 0 bridgehead atoms. The molecular weight excluding hydrogens is 355 g/mol. The molecule has 2 N–H and O–H groups in total. The minimum absolute atomic E-state index is 0.0100. The molecule has 28 heavy (non-hydrogen) atoms. The molecule has 1 unspecified atom stereocenters. The molecule has 1 aliphatic rings. The Morgan fingerprint density at radius 3 is 2.50 bits per heavy atom. The fourth-order valence-corrected chi connectivity index (χ4v) is 3.46. The number of hydrogen-bond acceptors (Lipinski definition) is 4. The second-order valence-corrected chi connectivity index (χ2v) is 7.15. The Balaban J connectivity index is 1.52. The van der Waals surface area contributed by atoms with Gasteiger partial charge in [-0.2, -0.15) is 0 Å². The van der Waals surface area contributed by atoms with Gasteiger partial charge in [-0.05, 0) is 55.4 Å². The second kappa shape index (κ2) is 9.66. The lowest BCUT2D eigenvalue weighted by atomic mass is 10.1. The Bertz CT molecular complexity index is 772. The van der Waals surface area contributed by atoms with Gasteiger partial charge in [-0.15, -0.1) is 0 Å². The van der Waals surface area contributed by atoms with E-state index >= 15 is 0 Å². The summed E-state index contributed by atoms with van der Waals surface area (Å²) in [5.74, 6) is -0.210. The molecule has 0 radical (unpaired) electrons. The number of nitrogens with zero attached hydrogens (tertiary/aromatic N) is 2. The van der Waals surface area contributed by atoms with Gasteiger partial charge in [0.15, 0.2) is 0 Å². The normalized spacial score (nSPS) is 16.0. The number of halogens is 1. The first-order valence-corrected chi connectivity index (χ1v) is 9.92. The van der Waals surface area contributed by atoms with Crippen LogP contribution in [0.25, 0.3) is 0 Å². The number of piperazine rings is 1. The molecule has 3 rings (SSSR count). The predicted molar refractivity (Wildman–Crippen MR) is 112 cm³/mol. The molecule has 1 amide bonds. The lowest BCUT2D eigenvalue weighted by molar-refractivity contribution is -0.120. The minimum Gasteiger partial charge on any atom is -0.369 e. The van der Waals surface area contributed by atoms with Crippen LogP contribution in [-0.2, 0) is 11.3 Å². The molecule has 1 heterocycles. The molecule has 0 saturated carbocycles. The van der Waals surface area contributed by atoms with Crippen LogP contribution in [0.5, 0.6) is 0 Å². The molecule has 2 aromatic rings. The van der Waals surface area contributed by atoms with Gasteiger partial charge in [-0.25, -0.2) is 4.39 Å². The number of anilines is 2. The van der Waals surface area contributed by atoms with E-state index in [4.69, 9.17) is 0 Å². The molecule has 0 aliphatic carbocycles. The Morgan fingerprint density at radius 2 is 1.82 bits per heavy atom. The number of nitrogens with one attached hydrogen (secondary N) is 2. The smallest absolute Gasteiger partial charge is 0.241 e. The average Bonchev–Trinajstić information content (AvgIpc) is 2.72. The van der Waals surface area contributed by atoms with Crippen molar-refractivity contribution in [2.24, 2.45) is 0 Å². The third-order valence-electron chi connectivity index (χ3n) is 5.21. The van der Waals surface area contributed by atoms with Gasteiger partial charge >= 0.3 is 0 Å². The number of benzene rings is 2. The van der Waals surface area contributed by atoms with E-state index in [0.717, 1.165) is 56.2 Å². The molecule has 1 atom stereocenters. The number of carbonyl (C=O) groups excluding carboxylic acids is 1. The van der Waals surface area contributed by atoms with E-state index in [1.54, 1.807) is 0 Å². The van der Waals surface area contributed by atoms with Gasteiger partial charge in [0.1, 0.15) is 5.82 Å². The molecule has 6 heteroatoms. The van der Waals surface area contributed by atoms with Crippen molar-refractivity contribution in [2.45, 2.75) is 26.4 Å². The van der Waals surface area contributed by atoms with E-state index in [1.165, 1.54) is 12.1 Å². The highest BCUT2D eigenvalue weighted by molar-refractivity contribution is 5.94. The predicted octanol–water partition coefficient (Wildman–Crippen LogP) is 3.08. The van der Waals surface area contributed by atoms with Crippen LogP contribution < -0.4 is 15.5 Å². The molecule has 5 nitrogen and oxygen atoms in total. The maximum absolute atomic E-state index is 13.1. The highest BCUT2D eigenvalue weighted by atomic mass is 19.1. The van der Waals surface area contributed by atoms with Crippen molar-refractivity contribution in [2.75, 3.05) is 42.9 Å². The zero-order valence-electron chi connectivity index (χ0n) is 16.6. The quantitative estimate of drug-likeness (QED) is 0.770. The lowest BCUT2D eigenvalue weighted by Gasteiger charge is -2.38. The standard InChI is InChI=1S/C22H29FN4O/c1-3-24-16-18-5-4-6-20(15-18)25-22(28)17(2)26-11-13-27(14-12-26)21-9-7-19(23)8-10-21/h4-10,15,17,24H,3,11-14,16H2,1-2H3,(H,25,28). The highest BCUT2D eigenvalue weighted by Crippen LogP contribution is 2.18. The van der Waals surface area contributed by atoms with E-state index in [2.05, 4.69) is 33.4 Å². The Labute approximate surface area is 166 Å². The summed E-state index contributed by atoms with van der Waals surface area (Å²) in [5.41, 5.74) is 3.01. The third-order valence-corrected chi connectivity index (χ3v) is 5.21. The Hall–Kier alpha value is -2.44. The number of rotatable bonds is 7. The van der Waals surface area contributed by atoms with Crippen LogP contribution >= 0.6 is 0 Å². The summed E-state index contributed by atoms with van der Waals surface area (Å²) in [7, 11) is 0. The molecular formula is C22H29FN4O. The van der Waals surface area contributed by atoms with Crippen LogP contribution in [0.15, 0.2) is 48.5 Å². The van der Waals surface area contributed by atoms with E-state index in [0.29, 0.717) is 0 Å². The van der Waals surface area contributed by atoms with Crippen molar-refractivity contribution in [1.29, 1.82) is 0 Å². The SMILES string of the molecule is CCNCc1cccc(NC(=O)C(C)N2CCN(c3ccc(F)cc3)CC2)c1. The van der Waals surface area contributed by atoms with Crippen LogP contribution in [0.2, 0.25) is 0 Å². The fourth-order valence-electron chi connectivity index (χ4n) is 3.46. The van der Waals surface area contributed by atoms with Crippen LogP contribution in [0, 0.1) is 5.82 Å². The second-order valence-electron chi connectivity index (χ2n) is 7.15. The van der Waals surface area contributed by atoms with Crippen molar-refractivity contribution < 1.29 is 9.18 Å². The molecule has 0 aromatic heterocycles. The monoisotopic (exact) mass is 384 g/mol. The van der Waals surface area contributed by atoms with Gasteiger partial charge in [-0.1, -0.05) is 19.1 Å².